The van der Waals surface area contributed by atoms with Gasteiger partial charge in [0.25, 0.3) is 5.56 Å². The number of ether oxygens (including phenoxy) is 1. The maximum Gasteiger partial charge on any atom is 0.290 e. The molecular weight excluding hydrogens is 394 g/mol. The van der Waals surface area contributed by atoms with Gasteiger partial charge in [-0.15, -0.1) is 0 Å². The number of aliphatic hydroxyl groups is 1. The smallest absolute Gasteiger partial charge is 0.290 e. The first-order valence-electron chi connectivity index (χ1n) is 11.0. The lowest BCUT2D eigenvalue weighted by Gasteiger charge is -2.22. The van der Waals surface area contributed by atoms with E-state index in [1.807, 2.05) is 24.3 Å². The standard InChI is InChI=1S/C23H29N5O3/c1-14-6-10-28(11-7-20(14)29)19-13-18(26-27(3)22(19)30)21-16-12-15(31-23(2)8-9-23)4-5-17(16)24-25-21/h4-5,12-14,20,29H,6-11H2,1-3H3,(H,24,25)/t14-,20-/m0/s1. The normalized spacial score (nSPS) is 23.0. The van der Waals surface area contributed by atoms with E-state index in [0.29, 0.717) is 30.0 Å². The van der Waals surface area contributed by atoms with Crippen LogP contribution in [0.25, 0.3) is 22.3 Å². The molecule has 0 spiro atoms. The quantitative estimate of drug-likeness (QED) is 0.670. The Balaban J connectivity index is 1.54. The van der Waals surface area contributed by atoms with Crippen molar-refractivity contribution in [1.82, 2.24) is 20.0 Å². The summed E-state index contributed by atoms with van der Waals surface area (Å²) in [5, 5.41) is 23.2. The molecule has 8 heteroatoms. The number of benzene rings is 1. The van der Waals surface area contributed by atoms with Crippen molar-refractivity contribution in [3.05, 3.63) is 34.6 Å². The van der Waals surface area contributed by atoms with Gasteiger partial charge in [0.05, 0.1) is 11.6 Å². The third-order valence-electron chi connectivity index (χ3n) is 6.69. The molecule has 2 fully saturated rings. The van der Waals surface area contributed by atoms with E-state index < -0.39 is 0 Å². The van der Waals surface area contributed by atoms with Crippen LogP contribution in [-0.4, -0.2) is 49.9 Å². The molecule has 2 aliphatic rings. The molecule has 0 bridgehead atoms. The van der Waals surface area contributed by atoms with E-state index >= 15 is 0 Å². The second kappa shape index (κ2) is 7.37. The number of fused-ring (bicyclic) bond motifs is 1. The summed E-state index contributed by atoms with van der Waals surface area (Å²) < 4.78 is 7.50. The Morgan fingerprint density at radius 3 is 2.77 bits per heavy atom. The zero-order valence-electron chi connectivity index (χ0n) is 18.3. The SMILES string of the molecule is C[C@H]1CCN(c2cc(-c3n[nH]c4ccc(OC5(C)CC5)cc34)nn(C)c2=O)CC[C@@H]1O. The highest BCUT2D eigenvalue weighted by atomic mass is 16.5. The van der Waals surface area contributed by atoms with Crippen LogP contribution in [0.3, 0.4) is 0 Å². The second-order valence-electron chi connectivity index (χ2n) is 9.28. The number of nitrogens with one attached hydrogen (secondary N) is 1. The number of aromatic nitrogens is 4. The van der Waals surface area contributed by atoms with Crippen LogP contribution in [0.5, 0.6) is 5.75 Å². The number of nitrogens with zero attached hydrogens (tertiary/aromatic N) is 4. The number of hydrogen-bond donors (Lipinski definition) is 2. The maximum atomic E-state index is 12.9. The van der Waals surface area contributed by atoms with Crippen LogP contribution in [0.4, 0.5) is 5.69 Å². The molecule has 3 aromatic rings. The molecule has 3 heterocycles. The molecule has 2 N–H and O–H groups in total. The summed E-state index contributed by atoms with van der Waals surface area (Å²) in [6.45, 7) is 5.55. The molecule has 164 valence electrons. The van der Waals surface area contributed by atoms with E-state index in [9.17, 15) is 9.90 Å². The summed E-state index contributed by atoms with van der Waals surface area (Å²) in [6, 6.07) is 7.74. The average Bonchev–Trinajstić information content (AvgIpc) is 3.36. The van der Waals surface area contributed by atoms with Crippen LogP contribution >= 0.6 is 0 Å². The fraction of sp³-hybridized carbons (Fsp3) is 0.522. The minimum absolute atomic E-state index is 0.0614. The molecule has 0 unspecified atom stereocenters. The van der Waals surface area contributed by atoms with E-state index in [4.69, 9.17) is 4.74 Å². The highest BCUT2D eigenvalue weighted by Gasteiger charge is 2.40. The molecule has 0 amide bonds. The van der Waals surface area contributed by atoms with Gasteiger partial charge in [-0.05, 0) is 62.8 Å². The van der Waals surface area contributed by atoms with E-state index in [2.05, 4.69) is 34.0 Å². The fourth-order valence-electron chi connectivity index (χ4n) is 4.23. The predicted octanol–water partition coefficient (Wildman–Crippen LogP) is 2.85. The van der Waals surface area contributed by atoms with Crippen molar-refractivity contribution in [2.45, 2.75) is 51.2 Å². The summed E-state index contributed by atoms with van der Waals surface area (Å²) in [4.78, 5) is 15.0. The zero-order valence-corrected chi connectivity index (χ0v) is 18.3. The summed E-state index contributed by atoms with van der Waals surface area (Å²) >= 11 is 0. The first-order valence-corrected chi connectivity index (χ1v) is 11.0. The lowest BCUT2D eigenvalue weighted by molar-refractivity contribution is 0.114. The Hall–Kier alpha value is -2.87. The minimum Gasteiger partial charge on any atom is -0.488 e. The van der Waals surface area contributed by atoms with Gasteiger partial charge in [0.2, 0.25) is 0 Å². The van der Waals surface area contributed by atoms with Gasteiger partial charge in [0.1, 0.15) is 28.4 Å². The highest BCUT2D eigenvalue weighted by Crippen LogP contribution is 2.40. The zero-order chi connectivity index (χ0) is 21.8. The Bertz CT molecular complexity index is 1170. The van der Waals surface area contributed by atoms with Crippen molar-refractivity contribution in [3.63, 3.8) is 0 Å². The van der Waals surface area contributed by atoms with Crippen molar-refractivity contribution < 1.29 is 9.84 Å². The Kier molecular flexibility index (Phi) is 4.77. The number of aryl methyl sites for hydroxylation is 1. The number of H-pyrrole nitrogens is 1. The van der Waals surface area contributed by atoms with Crippen molar-refractivity contribution in [3.8, 4) is 17.1 Å². The van der Waals surface area contributed by atoms with Gasteiger partial charge in [0.15, 0.2) is 0 Å². The minimum atomic E-state index is -0.336. The first-order chi connectivity index (χ1) is 14.8. The number of rotatable bonds is 4. The number of hydrogen-bond acceptors (Lipinski definition) is 6. The molecule has 0 radical (unpaired) electrons. The molecule has 1 saturated carbocycles. The average molecular weight is 424 g/mol. The number of aromatic amines is 1. The largest absolute Gasteiger partial charge is 0.488 e. The summed E-state index contributed by atoms with van der Waals surface area (Å²) in [5.74, 6) is 1.04. The van der Waals surface area contributed by atoms with Crippen LogP contribution < -0.4 is 15.2 Å². The molecule has 1 saturated heterocycles. The first kappa shape index (κ1) is 20.1. The van der Waals surface area contributed by atoms with Crippen LogP contribution in [0, 0.1) is 5.92 Å². The van der Waals surface area contributed by atoms with Crippen LogP contribution in [0.1, 0.15) is 39.5 Å². The topological polar surface area (TPSA) is 96.3 Å². The Labute approximate surface area is 180 Å². The van der Waals surface area contributed by atoms with Gasteiger partial charge in [-0.2, -0.15) is 10.2 Å². The summed E-state index contributed by atoms with van der Waals surface area (Å²) in [5.41, 5.74) is 2.62. The molecule has 1 aliphatic heterocycles. The summed E-state index contributed by atoms with van der Waals surface area (Å²) in [7, 11) is 1.67. The highest BCUT2D eigenvalue weighted by molar-refractivity contribution is 5.93. The molecule has 1 aromatic carbocycles. The monoisotopic (exact) mass is 423 g/mol. The predicted molar refractivity (Wildman–Crippen MR) is 119 cm³/mol. The van der Waals surface area contributed by atoms with Crippen molar-refractivity contribution in [2.75, 3.05) is 18.0 Å². The molecule has 31 heavy (non-hydrogen) atoms. The van der Waals surface area contributed by atoms with Gasteiger partial charge in [-0.1, -0.05) is 6.92 Å². The third kappa shape index (κ3) is 3.80. The van der Waals surface area contributed by atoms with Crippen LogP contribution in [0.2, 0.25) is 0 Å². The molecule has 2 aromatic heterocycles. The number of aliphatic hydroxyl groups excluding tert-OH is 1. The van der Waals surface area contributed by atoms with Crippen molar-refractivity contribution in [1.29, 1.82) is 0 Å². The Morgan fingerprint density at radius 2 is 2.00 bits per heavy atom. The van der Waals surface area contributed by atoms with Crippen molar-refractivity contribution >= 4 is 16.6 Å². The second-order valence-corrected chi connectivity index (χ2v) is 9.28. The van der Waals surface area contributed by atoms with Gasteiger partial charge >= 0.3 is 0 Å². The van der Waals surface area contributed by atoms with Gasteiger partial charge < -0.3 is 14.7 Å². The lowest BCUT2D eigenvalue weighted by atomic mass is 10.0. The molecule has 8 nitrogen and oxygen atoms in total. The van der Waals surface area contributed by atoms with Crippen molar-refractivity contribution in [2.24, 2.45) is 13.0 Å². The van der Waals surface area contributed by atoms with Gasteiger partial charge in [0, 0.05) is 25.5 Å². The molecule has 2 atom stereocenters. The van der Waals surface area contributed by atoms with E-state index in [1.54, 1.807) is 7.05 Å². The van der Waals surface area contributed by atoms with E-state index in [1.165, 1.54) is 4.68 Å². The lowest BCUT2D eigenvalue weighted by Crippen LogP contribution is -2.33. The van der Waals surface area contributed by atoms with Gasteiger partial charge in [-0.3, -0.25) is 9.89 Å². The third-order valence-corrected chi connectivity index (χ3v) is 6.69. The Morgan fingerprint density at radius 1 is 1.23 bits per heavy atom. The molecule has 5 rings (SSSR count). The number of anilines is 1. The van der Waals surface area contributed by atoms with E-state index in [0.717, 1.165) is 42.5 Å². The van der Waals surface area contributed by atoms with Crippen LogP contribution in [0.15, 0.2) is 29.1 Å². The molecule has 1 aliphatic carbocycles. The van der Waals surface area contributed by atoms with E-state index in [-0.39, 0.29) is 23.2 Å². The van der Waals surface area contributed by atoms with Crippen LogP contribution in [-0.2, 0) is 7.05 Å². The van der Waals surface area contributed by atoms with Gasteiger partial charge in [-0.25, -0.2) is 4.68 Å². The fourth-order valence-corrected chi connectivity index (χ4v) is 4.23. The summed E-state index contributed by atoms with van der Waals surface area (Å²) in [6.07, 6.45) is 3.28. The maximum absolute atomic E-state index is 12.9. The molecular formula is C23H29N5O3.